The lowest BCUT2D eigenvalue weighted by atomic mass is 10.0. The van der Waals surface area contributed by atoms with Crippen LogP contribution in [0.1, 0.15) is 24.0 Å². The van der Waals surface area contributed by atoms with Crippen molar-refractivity contribution in [2.24, 2.45) is 0 Å². The Hall–Kier alpha value is -2.81. The molecule has 0 N–H and O–H groups in total. The molecule has 3 heteroatoms. The van der Waals surface area contributed by atoms with E-state index in [1.807, 2.05) is 30.1 Å². The molecule has 1 saturated heterocycles. The summed E-state index contributed by atoms with van der Waals surface area (Å²) in [5.41, 5.74) is 3.60. The monoisotopic (exact) mass is 358 g/mol. The number of fused-ring (bicyclic) bond motifs is 1. The highest BCUT2D eigenvalue weighted by Crippen LogP contribution is 2.26. The molecule has 1 aliphatic heterocycles. The molecule has 0 atom stereocenters. The van der Waals surface area contributed by atoms with Crippen LogP contribution in [-0.4, -0.2) is 30.9 Å². The van der Waals surface area contributed by atoms with Gasteiger partial charge in [-0.2, -0.15) is 0 Å². The Morgan fingerprint density at radius 1 is 0.889 bits per heavy atom. The van der Waals surface area contributed by atoms with Crippen molar-refractivity contribution >= 4 is 22.4 Å². The zero-order chi connectivity index (χ0) is 18.6. The first-order valence-corrected chi connectivity index (χ1v) is 9.76. The molecule has 1 fully saturated rings. The van der Waals surface area contributed by atoms with Gasteiger partial charge in [-0.05, 0) is 40.8 Å². The summed E-state index contributed by atoms with van der Waals surface area (Å²) in [5.74, 6) is 0.155. The third-order valence-electron chi connectivity index (χ3n) is 5.49. The van der Waals surface area contributed by atoms with Gasteiger partial charge in [0.2, 0.25) is 5.91 Å². The number of hydrogen-bond acceptors (Lipinski definition) is 2. The van der Waals surface area contributed by atoms with E-state index in [-0.39, 0.29) is 5.91 Å². The minimum Gasteiger partial charge on any atom is -0.371 e. The highest BCUT2D eigenvalue weighted by molar-refractivity contribution is 5.90. The van der Waals surface area contributed by atoms with E-state index in [1.165, 1.54) is 34.9 Å². The molecular formula is C24H26N2O. The lowest BCUT2D eigenvalue weighted by molar-refractivity contribution is -0.129. The van der Waals surface area contributed by atoms with Gasteiger partial charge in [0, 0.05) is 32.4 Å². The second-order valence-corrected chi connectivity index (χ2v) is 7.39. The van der Waals surface area contributed by atoms with Crippen molar-refractivity contribution in [3.05, 3.63) is 77.9 Å². The van der Waals surface area contributed by atoms with Crippen molar-refractivity contribution < 1.29 is 4.79 Å². The molecule has 138 valence electrons. The average molecular weight is 358 g/mol. The van der Waals surface area contributed by atoms with Gasteiger partial charge in [0.15, 0.2) is 0 Å². The Bertz CT molecular complexity index is 939. The molecule has 0 bridgehead atoms. The number of anilines is 1. The Balaban J connectivity index is 1.50. The lowest BCUT2D eigenvalue weighted by Gasteiger charge is -2.24. The third-order valence-corrected chi connectivity index (χ3v) is 5.49. The van der Waals surface area contributed by atoms with Crippen LogP contribution < -0.4 is 4.90 Å². The quantitative estimate of drug-likeness (QED) is 0.663. The molecule has 0 spiro atoms. The fourth-order valence-electron chi connectivity index (χ4n) is 4.00. The van der Waals surface area contributed by atoms with E-state index < -0.39 is 0 Å². The molecule has 0 saturated carbocycles. The Kier molecular flexibility index (Phi) is 5.10. The number of carbonyl (C=O) groups is 1. The Labute approximate surface area is 161 Å². The van der Waals surface area contributed by atoms with Gasteiger partial charge in [-0.15, -0.1) is 0 Å². The second kappa shape index (κ2) is 7.83. The van der Waals surface area contributed by atoms with Crippen LogP contribution in [0, 0.1) is 0 Å². The van der Waals surface area contributed by atoms with Gasteiger partial charge in [0.05, 0.1) is 6.42 Å². The summed E-state index contributed by atoms with van der Waals surface area (Å²) in [5, 5.41) is 2.35. The highest BCUT2D eigenvalue weighted by atomic mass is 16.2. The molecule has 3 aromatic rings. The first-order valence-electron chi connectivity index (χ1n) is 9.76. The second-order valence-electron chi connectivity index (χ2n) is 7.39. The fourth-order valence-corrected chi connectivity index (χ4v) is 4.00. The van der Waals surface area contributed by atoms with E-state index in [1.54, 1.807) is 0 Å². The van der Waals surface area contributed by atoms with Crippen LogP contribution in [0.5, 0.6) is 0 Å². The van der Waals surface area contributed by atoms with Crippen LogP contribution in [-0.2, 0) is 17.8 Å². The topological polar surface area (TPSA) is 23.6 Å². The summed E-state index contributed by atoms with van der Waals surface area (Å²) in [6, 6.07) is 23.0. The molecule has 1 amide bonds. The summed E-state index contributed by atoms with van der Waals surface area (Å²) in [4.78, 5) is 17.2. The lowest BCUT2D eigenvalue weighted by Crippen LogP contribution is -2.29. The molecule has 0 aromatic heterocycles. The summed E-state index contributed by atoms with van der Waals surface area (Å²) < 4.78 is 0. The average Bonchev–Trinajstić information content (AvgIpc) is 3.23. The zero-order valence-electron chi connectivity index (χ0n) is 15.9. The molecule has 1 aliphatic rings. The molecule has 4 rings (SSSR count). The van der Waals surface area contributed by atoms with Crippen LogP contribution in [0.25, 0.3) is 10.8 Å². The number of para-hydroxylation sites is 1. The van der Waals surface area contributed by atoms with E-state index in [4.69, 9.17) is 0 Å². The molecule has 3 aromatic carbocycles. The van der Waals surface area contributed by atoms with Gasteiger partial charge in [-0.25, -0.2) is 0 Å². The summed E-state index contributed by atoms with van der Waals surface area (Å²) in [7, 11) is 1.91. The van der Waals surface area contributed by atoms with E-state index in [2.05, 4.69) is 53.4 Å². The first-order chi connectivity index (χ1) is 13.2. The maximum absolute atomic E-state index is 12.9. The molecule has 0 aliphatic carbocycles. The van der Waals surface area contributed by atoms with E-state index in [0.717, 1.165) is 18.7 Å². The van der Waals surface area contributed by atoms with Crippen LogP contribution >= 0.6 is 0 Å². The summed E-state index contributed by atoms with van der Waals surface area (Å²) in [6.07, 6.45) is 2.94. The van der Waals surface area contributed by atoms with Crippen molar-refractivity contribution in [2.45, 2.75) is 25.8 Å². The first kappa shape index (κ1) is 17.6. The zero-order valence-corrected chi connectivity index (χ0v) is 15.9. The van der Waals surface area contributed by atoms with Crippen molar-refractivity contribution in [1.29, 1.82) is 0 Å². The molecule has 27 heavy (non-hydrogen) atoms. The van der Waals surface area contributed by atoms with Gasteiger partial charge in [-0.3, -0.25) is 4.79 Å². The normalized spacial score (nSPS) is 13.9. The summed E-state index contributed by atoms with van der Waals surface area (Å²) in [6.45, 7) is 2.88. The molecular weight excluding hydrogens is 332 g/mol. The van der Waals surface area contributed by atoms with Gasteiger partial charge in [-0.1, -0.05) is 60.7 Å². The van der Waals surface area contributed by atoms with Crippen LogP contribution in [0.4, 0.5) is 5.69 Å². The maximum Gasteiger partial charge on any atom is 0.227 e. The van der Waals surface area contributed by atoms with E-state index in [0.29, 0.717) is 13.0 Å². The van der Waals surface area contributed by atoms with Crippen molar-refractivity contribution in [2.75, 3.05) is 25.0 Å². The van der Waals surface area contributed by atoms with Gasteiger partial charge in [0.25, 0.3) is 0 Å². The van der Waals surface area contributed by atoms with Crippen molar-refractivity contribution in [3.63, 3.8) is 0 Å². The molecule has 3 nitrogen and oxygen atoms in total. The number of amides is 1. The SMILES string of the molecule is CN(Cc1ccccc1N1CCCC1)C(=O)Cc1cccc2ccccc12. The standard InChI is InChI=1S/C24H26N2O/c1-25(18-21-10-3-5-14-23(21)26-15-6-7-16-26)24(27)17-20-12-8-11-19-9-2-4-13-22(19)20/h2-5,8-14H,6-7,15-18H2,1H3. The minimum atomic E-state index is 0.155. The number of hydrogen-bond donors (Lipinski definition) is 0. The van der Waals surface area contributed by atoms with Crippen LogP contribution in [0.2, 0.25) is 0 Å². The smallest absolute Gasteiger partial charge is 0.227 e. The van der Waals surface area contributed by atoms with Crippen molar-refractivity contribution in [1.82, 2.24) is 4.90 Å². The molecule has 0 unspecified atom stereocenters. The Morgan fingerprint density at radius 3 is 2.41 bits per heavy atom. The van der Waals surface area contributed by atoms with Gasteiger partial charge < -0.3 is 9.80 Å². The maximum atomic E-state index is 12.9. The molecule has 1 heterocycles. The summed E-state index contributed by atoms with van der Waals surface area (Å²) >= 11 is 0. The largest absolute Gasteiger partial charge is 0.371 e. The fraction of sp³-hybridized carbons (Fsp3) is 0.292. The number of benzene rings is 3. The van der Waals surface area contributed by atoms with Gasteiger partial charge >= 0.3 is 0 Å². The number of rotatable bonds is 5. The van der Waals surface area contributed by atoms with Crippen molar-refractivity contribution in [3.8, 4) is 0 Å². The number of likely N-dealkylation sites (N-methyl/N-ethyl adjacent to an activating group) is 1. The van der Waals surface area contributed by atoms with Gasteiger partial charge in [0.1, 0.15) is 0 Å². The molecule has 0 radical (unpaired) electrons. The number of nitrogens with zero attached hydrogens (tertiary/aromatic N) is 2. The van der Waals surface area contributed by atoms with E-state index >= 15 is 0 Å². The minimum absolute atomic E-state index is 0.155. The third kappa shape index (κ3) is 3.82. The van der Waals surface area contributed by atoms with Crippen LogP contribution in [0.3, 0.4) is 0 Å². The number of carbonyl (C=O) groups excluding carboxylic acids is 1. The van der Waals surface area contributed by atoms with E-state index in [9.17, 15) is 4.79 Å². The Morgan fingerprint density at radius 2 is 1.56 bits per heavy atom. The predicted molar refractivity (Wildman–Crippen MR) is 112 cm³/mol. The predicted octanol–water partition coefficient (Wildman–Crippen LogP) is 4.64. The van der Waals surface area contributed by atoms with Crippen LogP contribution in [0.15, 0.2) is 66.7 Å². The highest BCUT2D eigenvalue weighted by Gasteiger charge is 2.18.